The Bertz CT molecular complexity index is 434. The van der Waals surface area contributed by atoms with Gasteiger partial charge in [0, 0.05) is 11.6 Å². The second-order valence-corrected chi connectivity index (χ2v) is 5.22. The van der Waals surface area contributed by atoms with Gasteiger partial charge in [0.25, 0.3) is 0 Å². The lowest BCUT2D eigenvalue weighted by atomic mass is 9.94. The summed E-state index contributed by atoms with van der Waals surface area (Å²) in [5.74, 6) is 1.77. The molecule has 0 spiro atoms. The molecule has 1 aromatic carbocycles. The molecule has 0 amide bonds. The van der Waals surface area contributed by atoms with Crippen LogP contribution in [0.1, 0.15) is 29.7 Å². The first-order valence-electron chi connectivity index (χ1n) is 6.49. The van der Waals surface area contributed by atoms with Gasteiger partial charge in [-0.1, -0.05) is 0 Å². The quantitative estimate of drug-likeness (QED) is 0.888. The highest BCUT2D eigenvalue weighted by atomic mass is 16.5. The summed E-state index contributed by atoms with van der Waals surface area (Å²) in [7, 11) is 7.44. The SMILES string of the molecule is COc1cc(C(C(C)N)N(C)C)c(OC)c(C)c1C. The zero-order chi connectivity index (χ0) is 14.7. The Morgan fingerprint density at radius 3 is 2.05 bits per heavy atom. The molecular weight excluding hydrogens is 240 g/mol. The van der Waals surface area contributed by atoms with Crippen LogP contribution < -0.4 is 15.2 Å². The van der Waals surface area contributed by atoms with Gasteiger partial charge in [-0.3, -0.25) is 0 Å². The van der Waals surface area contributed by atoms with Crippen molar-refractivity contribution < 1.29 is 9.47 Å². The summed E-state index contributed by atoms with van der Waals surface area (Å²) in [4.78, 5) is 2.11. The minimum absolute atomic E-state index is 0.00397. The van der Waals surface area contributed by atoms with Gasteiger partial charge in [0.2, 0.25) is 0 Å². The van der Waals surface area contributed by atoms with Gasteiger partial charge < -0.3 is 20.1 Å². The molecule has 0 fully saturated rings. The highest BCUT2D eigenvalue weighted by Crippen LogP contribution is 2.38. The monoisotopic (exact) mass is 266 g/mol. The van der Waals surface area contributed by atoms with Crippen LogP contribution in [-0.4, -0.2) is 39.3 Å². The lowest BCUT2D eigenvalue weighted by Gasteiger charge is -2.31. The van der Waals surface area contributed by atoms with Gasteiger partial charge >= 0.3 is 0 Å². The maximum absolute atomic E-state index is 6.13. The number of nitrogens with two attached hydrogens (primary N) is 1. The standard InChI is InChI=1S/C15H26N2O2/c1-9-10(2)15(19-7)12(8-13(9)18-6)14(11(3)16)17(4)5/h8,11,14H,16H2,1-7H3. The van der Waals surface area contributed by atoms with E-state index in [1.165, 1.54) is 0 Å². The van der Waals surface area contributed by atoms with E-state index in [1.54, 1.807) is 14.2 Å². The Balaban J connectivity index is 3.51. The Morgan fingerprint density at radius 2 is 1.68 bits per heavy atom. The van der Waals surface area contributed by atoms with Crippen molar-refractivity contribution >= 4 is 0 Å². The van der Waals surface area contributed by atoms with Crippen LogP contribution >= 0.6 is 0 Å². The molecule has 1 rings (SSSR count). The Hall–Kier alpha value is -1.26. The normalized spacial score (nSPS) is 14.4. The fourth-order valence-electron chi connectivity index (χ4n) is 2.62. The summed E-state index contributed by atoms with van der Waals surface area (Å²) in [6, 6.07) is 2.12. The minimum atomic E-state index is -0.00397. The van der Waals surface area contributed by atoms with E-state index in [4.69, 9.17) is 15.2 Å². The lowest BCUT2D eigenvalue weighted by Crippen LogP contribution is -2.35. The van der Waals surface area contributed by atoms with E-state index >= 15 is 0 Å². The summed E-state index contributed by atoms with van der Waals surface area (Å²) in [6.45, 7) is 6.09. The third-order valence-corrected chi connectivity index (χ3v) is 3.62. The number of benzene rings is 1. The predicted octanol–water partition coefficient (Wildman–Crippen LogP) is 2.27. The van der Waals surface area contributed by atoms with Crippen LogP contribution in [0.2, 0.25) is 0 Å². The van der Waals surface area contributed by atoms with E-state index in [0.717, 1.165) is 28.2 Å². The van der Waals surface area contributed by atoms with Crippen LogP contribution in [-0.2, 0) is 0 Å². The number of nitrogens with zero attached hydrogens (tertiary/aromatic N) is 1. The summed E-state index contributed by atoms with van der Waals surface area (Å²) >= 11 is 0. The Morgan fingerprint density at radius 1 is 1.11 bits per heavy atom. The third-order valence-electron chi connectivity index (χ3n) is 3.62. The minimum Gasteiger partial charge on any atom is -0.496 e. The molecule has 108 valence electrons. The Labute approximate surface area is 116 Å². The number of hydrogen-bond acceptors (Lipinski definition) is 4. The molecule has 0 aliphatic heterocycles. The molecule has 0 saturated carbocycles. The van der Waals surface area contributed by atoms with E-state index in [1.807, 2.05) is 40.9 Å². The van der Waals surface area contributed by atoms with E-state index in [2.05, 4.69) is 4.90 Å². The van der Waals surface area contributed by atoms with Crippen molar-refractivity contribution in [2.75, 3.05) is 28.3 Å². The molecule has 0 aliphatic carbocycles. The molecule has 4 nitrogen and oxygen atoms in total. The number of likely N-dealkylation sites (N-methyl/N-ethyl adjacent to an activating group) is 1. The van der Waals surface area contributed by atoms with Crippen molar-refractivity contribution in [1.82, 2.24) is 4.90 Å². The summed E-state index contributed by atoms with van der Waals surface area (Å²) in [5, 5.41) is 0. The molecule has 0 aromatic heterocycles. The average molecular weight is 266 g/mol. The molecule has 0 aliphatic rings. The van der Waals surface area contributed by atoms with Crippen LogP contribution in [0.3, 0.4) is 0 Å². The van der Waals surface area contributed by atoms with Gasteiger partial charge in [-0.15, -0.1) is 0 Å². The van der Waals surface area contributed by atoms with Crippen molar-refractivity contribution in [2.45, 2.75) is 32.9 Å². The average Bonchev–Trinajstić information content (AvgIpc) is 2.33. The van der Waals surface area contributed by atoms with Crippen LogP contribution in [0.15, 0.2) is 6.07 Å². The summed E-state index contributed by atoms with van der Waals surface area (Å²) in [5.41, 5.74) is 9.41. The number of rotatable bonds is 5. The van der Waals surface area contributed by atoms with Crippen molar-refractivity contribution in [2.24, 2.45) is 5.73 Å². The van der Waals surface area contributed by atoms with Gasteiger partial charge in [-0.05, 0) is 52.1 Å². The first-order valence-corrected chi connectivity index (χ1v) is 6.49. The van der Waals surface area contributed by atoms with E-state index in [9.17, 15) is 0 Å². The van der Waals surface area contributed by atoms with E-state index < -0.39 is 0 Å². The van der Waals surface area contributed by atoms with Crippen molar-refractivity contribution in [3.63, 3.8) is 0 Å². The molecule has 2 atom stereocenters. The molecule has 19 heavy (non-hydrogen) atoms. The zero-order valence-corrected chi connectivity index (χ0v) is 13.1. The van der Waals surface area contributed by atoms with Gasteiger partial charge in [0.15, 0.2) is 0 Å². The van der Waals surface area contributed by atoms with Gasteiger partial charge in [0.1, 0.15) is 11.5 Å². The number of methoxy groups -OCH3 is 2. The maximum atomic E-state index is 6.13. The highest BCUT2D eigenvalue weighted by molar-refractivity contribution is 5.54. The Kier molecular flexibility index (Phi) is 5.20. The zero-order valence-electron chi connectivity index (χ0n) is 13.1. The molecule has 2 unspecified atom stereocenters. The molecule has 1 aromatic rings. The molecule has 0 radical (unpaired) electrons. The molecule has 2 N–H and O–H groups in total. The van der Waals surface area contributed by atoms with Crippen LogP contribution in [0.25, 0.3) is 0 Å². The molecule has 0 heterocycles. The fourth-order valence-corrected chi connectivity index (χ4v) is 2.62. The maximum Gasteiger partial charge on any atom is 0.127 e. The van der Waals surface area contributed by atoms with Gasteiger partial charge in [-0.25, -0.2) is 0 Å². The second-order valence-electron chi connectivity index (χ2n) is 5.22. The molecule has 0 saturated heterocycles. The third kappa shape index (κ3) is 3.01. The largest absolute Gasteiger partial charge is 0.496 e. The van der Waals surface area contributed by atoms with Crippen molar-refractivity contribution in [3.05, 3.63) is 22.8 Å². The van der Waals surface area contributed by atoms with E-state index in [-0.39, 0.29) is 12.1 Å². The fraction of sp³-hybridized carbons (Fsp3) is 0.600. The molecule has 0 bridgehead atoms. The molecule has 4 heteroatoms. The first-order chi connectivity index (χ1) is 8.84. The second kappa shape index (κ2) is 6.26. The number of hydrogen-bond donors (Lipinski definition) is 1. The predicted molar refractivity (Wildman–Crippen MR) is 79.1 cm³/mol. The lowest BCUT2D eigenvalue weighted by molar-refractivity contribution is 0.256. The summed E-state index contributed by atoms with van der Waals surface area (Å²) < 4.78 is 11.1. The van der Waals surface area contributed by atoms with Gasteiger partial charge in [-0.2, -0.15) is 0 Å². The van der Waals surface area contributed by atoms with Crippen LogP contribution in [0, 0.1) is 13.8 Å². The highest BCUT2D eigenvalue weighted by Gasteiger charge is 2.25. The van der Waals surface area contributed by atoms with E-state index in [0.29, 0.717) is 0 Å². The molecular formula is C15H26N2O2. The number of ether oxygens (including phenoxy) is 2. The summed E-state index contributed by atoms with van der Waals surface area (Å²) in [6.07, 6.45) is 0. The van der Waals surface area contributed by atoms with Crippen molar-refractivity contribution in [3.8, 4) is 11.5 Å². The first kappa shape index (κ1) is 15.8. The van der Waals surface area contributed by atoms with Crippen molar-refractivity contribution in [1.29, 1.82) is 0 Å². The smallest absolute Gasteiger partial charge is 0.127 e. The van der Waals surface area contributed by atoms with Crippen LogP contribution in [0.5, 0.6) is 11.5 Å². The van der Waals surface area contributed by atoms with Crippen LogP contribution in [0.4, 0.5) is 0 Å². The topological polar surface area (TPSA) is 47.7 Å². The van der Waals surface area contributed by atoms with Gasteiger partial charge in [0.05, 0.1) is 20.3 Å².